The molecule has 0 spiro atoms. The fourth-order valence-electron chi connectivity index (χ4n) is 3.87. The minimum Gasteiger partial charge on any atom is -0.357 e. The van der Waals surface area contributed by atoms with Crippen molar-refractivity contribution in [3.63, 3.8) is 0 Å². The molecule has 0 aromatic rings. The lowest BCUT2D eigenvalue weighted by Crippen LogP contribution is -2.46. The van der Waals surface area contributed by atoms with Gasteiger partial charge in [0.15, 0.2) is 5.96 Å². The second-order valence-corrected chi connectivity index (χ2v) is 7.12. The SMILES string of the molecule is CCNC(=NCCCN1CCCC1=O)NCCN1CCCCC1CC. The van der Waals surface area contributed by atoms with Crippen molar-refractivity contribution in [3.05, 3.63) is 0 Å². The number of nitrogens with zero attached hydrogens (tertiary/aromatic N) is 3. The molecule has 0 saturated carbocycles. The molecule has 0 bridgehead atoms. The summed E-state index contributed by atoms with van der Waals surface area (Å²) in [6.45, 7) is 11.1. The van der Waals surface area contributed by atoms with E-state index in [1.165, 1.54) is 32.2 Å². The highest BCUT2D eigenvalue weighted by molar-refractivity contribution is 5.79. The van der Waals surface area contributed by atoms with Crippen LogP contribution in [-0.2, 0) is 4.79 Å². The summed E-state index contributed by atoms with van der Waals surface area (Å²) in [4.78, 5) is 20.9. The molecule has 6 heteroatoms. The van der Waals surface area contributed by atoms with Crippen molar-refractivity contribution < 1.29 is 4.79 Å². The summed E-state index contributed by atoms with van der Waals surface area (Å²) in [5.41, 5.74) is 0. The van der Waals surface area contributed by atoms with Crippen LogP contribution in [0.2, 0.25) is 0 Å². The van der Waals surface area contributed by atoms with E-state index in [1.807, 2.05) is 4.90 Å². The van der Waals surface area contributed by atoms with Crippen LogP contribution in [0.4, 0.5) is 0 Å². The zero-order chi connectivity index (χ0) is 17.9. The highest BCUT2D eigenvalue weighted by Crippen LogP contribution is 2.18. The van der Waals surface area contributed by atoms with E-state index in [0.29, 0.717) is 5.91 Å². The zero-order valence-electron chi connectivity index (χ0n) is 16.2. The van der Waals surface area contributed by atoms with Crippen molar-refractivity contribution in [3.8, 4) is 0 Å². The lowest BCUT2D eigenvalue weighted by molar-refractivity contribution is -0.127. The van der Waals surface area contributed by atoms with E-state index in [-0.39, 0.29) is 0 Å². The molecule has 0 aromatic carbocycles. The minimum atomic E-state index is 0.307. The van der Waals surface area contributed by atoms with Crippen LogP contribution in [0.25, 0.3) is 0 Å². The van der Waals surface area contributed by atoms with Crippen molar-refractivity contribution >= 4 is 11.9 Å². The first kappa shape index (κ1) is 20.0. The fourth-order valence-corrected chi connectivity index (χ4v) is 3.87. The second kappa shape index (κ2) is 11.3. The normalized spacial score (nSPS) is 22.5. The van der Waals surface area contributed by atoms with Gasteiger partial charge in [0.2, 0.25) is 5.91 Å². The van der Waals surface area contributed by atoms with Gasteiger partial charge in [-0.15, -0.1) is 0 Å². The van der Waals surface area contributed by atoms with Crippen LogP contribution in [0.1, 0.15) is 58.8 Å². The number of hydrogen-bond acceptors (Lipinski definition) is 3. The van der Waals surface area contributed by atoms with Gasteiger partial charge in [0.05, 0.1) is 0 Å². The summed E-state index contributed by atoms with van der Waals surface area (Å²) in [5.74, 6) is 1.21. The number of guanidine groups is 1. The average Bonchev–Trinajstić information content (AvgIpc) is 3.04. The summed E-state index contributed by atoms with van der Waals surface area (Å²) in [5, 5.41) is 6.79. The molecule has 2 heterocycles. The first-order chi connectivity index (χ1) is 12.2. The van der Waals surface area contributed by atoms with Gasteiger partial charge in [-0.1, -0.05) is 13.3 Å². The Morgan fingerprint density at radius 2 is 2.04 bits per heavy atom. The summed E-state index contributed by atoms with van der Waals surface area (Å²) >= 11 is 0. The molecule has 25 heavy (non-hydrogen) atoms. The Hall–Kier alpha value is -1.30. The average molecular weight is 352 g/mol. The quantitative estimate of drug-likeness (QED) is 0.378. The van der Waals surface area contributed by atoms with E-state index in [0.717, 1.165) is 70.5 Å². The van der Waals surface area contributed by atoms with Crippen molar-refractivity contribution in [2.45, 2.75) is 64.8 Å². The first-order valence-corrected chi connectivity index (χ1v) is 10.3. The maximum atomic E-state index is 11.6. The van der Waals surface area contributed by atoms with Gasteiger partial charge in [0, 0.05) is 51.7 Å². The number of piperidine rings is 1. The Bertz CT molecular complexity index is 426. The third-order valence-corrected chi connectivity index (χ3v) is 5.28. The Balaban J connectivity index is 1.67. The number of likely N-dealkylation sites (tertiary alicyclic amines) is 2. The van der Waals surface area contributed by atoms with Crippen LogP contribution in [0.5, 0.6) is 0 Å². The van der Waals surface area contributed by atoms with Crippen molar-refractivity contribution in [2.24, 2.45) is 4.99 Å². The molecular formula is C19H37N5O. The standard InChI is InChI=1S/C19H37N5O/c1-3-17-9-5-6-13-23(17)16-12-22-19(20-4-2)21-11-8-15-24-14-7-10-18(24)25/h17H,3-16H2,1-2H3,(H2,20,21,22). The molecule has 1 amide bonds. The third-order valence-electron chi connectivity index (χ3n) is 5.28. The maximum Gasteiger partial charge on any atom is 0.222 e. The van der Waals surface area contributed by atoms with E-state index in [9.17, 15) is 4.79 Å². The summed E-state index contributed by atoms with van der Waals surface area (Å²) in [6, 6.07) is 0.757. The van der Waals surface area contributed by atoms with Gasteiger partial charge in [-0.3, -0.25) is 14.7 Å². The topological polar surface area (TPSA) is 60.0 Å². The first-order valence-electron chi connectivity index (χ1n) is 10.3. The van der Waals surface area contributed by atoms with Crippen LogP contribution in [0, 0.1) is 0 Å². The van der Waals surface area contributed by atoms with Crippen LogP contribution in [0.15, 0.2) is 4.99 Å². The predicted molar refractivity (Wildman–Crippen MR) is 104 cm³/mol. The lowest BCUT2D eigenvalue weighted by atomic mass is 10.0. The molecule has 0 aromatic heterocycles. The molecule has 2 fully saturated rings. The molecule has 6 nitrogen and oxygen atoms in total. The van der Waals surface area contributed by atoms with Gasteiger partial charge in [-0.05, 0) is 45.6 Å². The van der Waals surface area contributed by atoms with Crippen molar-refractivity contribution in [2.75, 3.05) is 45.8 Å². The number of carbonyl (C=O) groups excluding carboxylic acids is 1. The smallest absolute Gasteiger partial charge is 0.222 e. The fraction of sp³-hybridized carbons (Fsp3) is 0.895. The Morgan fingerprint density at radius 3 is 2.76 bits per heavy atom. The van der Waals surface area contributed by atoms with Gasteiger partial charge in [-0.25, -0.2) is 0 Å². The van der Waals surface area contributed by atoms with Crippen LogP contribution in [-0.4, -0.2) is 73.5 Å². The largest absolute Gasteiger partial charge is 0.357 e. The number of rotatable bonds is 9. The summed E-state index contributed by atoms with van der Waals surface area (Å²) < 4.78 is 0. The van der Waals surface area contributed by atoms with Crippen molar-refractivity contribution in [1.29, 1.82) is 0 Å². The molecular weight excluding hydrogens is 314 g/mol. The highest BCUT2D eigenvalue weighted by atomic mass is 16.2. The van der Waals surface area contributed by atoms with Crippen LogP contribution >= 0.6 is 0 Å². The number of amides is 1. The molecule has 2 rings (SSSR count). The molecule has 144 valence electrons. The second-order valence-electron chi connectivity index (χ2n) is 7.12. The maximum absolute atomic E-state index is 11.6. The molecule has 2 aliphatic heterocycles. The Kier molecular flexibility index (Phi) is 9.08. The van der Waals surface area contributed by atoms with Crippen molar-refractivity contribution in [1.82, 2.24) is 20.4 Å². The molecule has 1 atom stereocenters. The summed E-state index contributed by atoms with van der Waals surface area (Å²) in [6.07, 6.45) is 7.99. The Morgan fingerprint density at radius 1 is 1.16 bits per heavy atom. The van der Waals surface area contributed by atoms with Crippen LogP contribution < -0.4 is 10.6 Å². The molecule has 0 aliphatic carbocycles. The zero-order valence-corrected chi connectivity index (χ0v) is 16.2. The van der Waals surface area contributed by atoms with E-state index < -0.39 is 0 Å². The number of aliphatic imine (C=N–C) groups is 1. The molecule has 2 aliphatic rings. The van der Waals surface area contributed by atoms with Crippen LogP contribution in [0.3, 0.4) is 0 Å². The van der Waals surface area contributed by atoms with Gasteiger partial charge in [-0.2, -0.15) is 0 Å². The molecule has 0 radical (unpaired) electrons. The third kappa shape index (κ3) is 6.84. The summed E-state index contributed by atoms with van der Waals surface area (Å²) in [7, 11) is 0. The van der Waals surface area contributed by atoms with E-state index in [1.54, 1.807) is 0 Å². The molecule has 2 saturated heterocycles. The lowest BCUT2D eigenvalue weighted by Gasteiger charge is -2.35. The van der Waals surface area contributed by atoms with E-state index in [2.05, 4.69) is 34.4 Å². The van der Waals surface area contributed by atoms with E-state index in [4.69, 9.17) is 0 Å². The van der Waals surface area contributed by atoms with Gasteiger partial charge < -0.3 is 15.5 Å². The molecule has 2 N–H and O–H groups in total. The highest BCUT2D eigenvalue weighted by Gasteiger charge is 2.20. The van der Waals surface area contributed by atoms with Gasteiger partial charge in [0.25, 0.3) is 0 Å². The van der Waals surface area contributed by atoms with Gasteiger partial charge >= 0.3 is 0 Å². The molecule has 1 unspecified atom stereocenters. The number of nitrogens with one attached hydrogen (secondary N) is 2. The van der Waals surface area contributed by atoms with E-state index >= 15 is 0 Å². The Labute approximate surface area is 153 Å². The van der Waals surface area contributed by atoms with Gasteiger partial charge in [0.1, 0.15) is 0 Å². The number of carbonyl (C=O) groups is 1. The number of hydrogen-bond donors (Lipinski definition) is 2. The predicted octanol–water partition coefficient (Wildman–Crippen LogP) is 1.82. The monoisotopic (exact) mass is 351 g/mol. The minimum absolute atomic E-state index is 0.307.